The average molecular weight is 457 g/mol. The second kappa shape index (κ2) is 8.84. The van der Waals surface area contributed by atoms with Gasteiger partial charge in [0.05, 0.1) is 19.3 Å². The second-order valence-corrected chi connectivity index (χ2v) is 8.04. The zero-order valence-electron chi connectivity index (χ0n) is 17.8. The van der Waals surface area contributed by atoms with Crippen LogP contribution in [0.4, 0.5) is 11.5 Å². The van der Waals surface area contributed by atoms with Crippen molar-refractivity contribution < 1.29 is 9.53 Å². The van der Waals surface area contributed by atoms with Crippen molar-refractivity contribution in [3.8, 4) is 5.75 Å². The number of carbonyl (C=O) groups excluding carboxylic acids is 1. The van der Waals surface area contributed by atoms with E-state index in [2.05, 4.69) is 33.9 Å². The molecule has 0 spiro atoms. The van der Waals surface area contributed by atoms with Crippen molar-refractivity contribution in [1.82, 2.24) is 9.78 Å². The molecule has 0 bridgehead atoms. The maximum Gasteiger partial charge on any atom is 0.261 e. The summed E-state index contributed by atoms with van der Waals surface area (Å²) in [6, 6.07) is 24.7. The van der Waals surface area contributed by atoms with Crippen LogP contribution < -0.4 is 15.4 Å². The fourth-order valence-electron chi connectivity index (χ4n) is 3.84. The first-order valence-corrected chi connectivity index (χ1v) is 10.8. The Kier molecular flexibility index (Phi) is 5.59. The molecule has 0 saturated heterocycles. The Labute approximate surface area is 196 Å². The van der Waals surface area contributed by atoms with Crippen LogP contribution in [-0.4, -0.2) is 22.8 Å². The third kappa shape index (κ3) is 4.21. The molecular formula is C26H21ClN4O2. The monoisotopic (exact) mass is 456 g/mol. The van der Waals surface area contributed by atoms with Crippen molar-refractivity contribution in [3.05, 3.63) is 113 Å². The summed E-state index contributed by atoms with van der Waals surface area (Å²) in [5.41, 5.74) is 3.99. The van der Waals surface area contributed by atoms with Crippen molar-refractivity contribution in [2.24, 2.45) is 0 Å². The normalized spacial score (nSPS) is 14.6. The van der Waals surface area contributed by atoms with Gasteiger partial charge in [0.2, 0.25) is 0 Å². The summed E-state index contributed by atoms with van der Waals surface area (Å²) < 4.78 is 7.23. The van der Waals surface area contributed by atoms with Crippen LogP contribution >= 0.6 is 11.6 Å². The van der Waals surface area contributed by atoms with E-state index in [1.165, 1.54) is 0 Å². The van der Waals surface area contributed by atoms with Gasteiger partial charge in [-0.2, -0.15) is 5.10 Å². The van der Waals surface area contributed by atoms with Gasteiger partial charge >= 0.3 is 0 Å². The minimum Gasteiger partial charge on any atom is -0.497 e. The largest absolute Gasteiger partial charge is 0.497 e. The molecule has 0 unspecified atom stereocenters. The average Bonchev–Trinajstić information content (AvgIpc) is 3.30. The van der Waals surface area contributed by atoms with Crippen LogP contribution in [0, 0.1) is 0 Å². The lowest BCUT2D eigenvalue weighted by molar-refractivity contribution is 0.102. The van der Waals surface area contributed by atoms with Crippen LogP contribution in [0.2, 0.25) is 5.02 Å². The van der Waals surface area contributed by atoms with Gasteiger partial charge in [-0.15, -0.1) is 0 Å². The quantitative estimate of drug-likeness (QED) is 0.395. The summed E-state index contributed by atoms with van der Waals surface area (Å²) in [5, 5.41) is 11.5. The van der Waals surface area contributed by atoms with E-state index in [9.17, 15) is 4.79 Å². The van der Waals surface area contributed by atoms with Gasteiger partial charge in [-0.05, 0) is 48.0 Å². The summed E-state index contributed by atoms with van der Waals surface area (Å²) in [7, 11) is 1.64. The molecule has 3 aromatic carbocycles. The molecule has 33 heavy (non-hydrogen) atoms. The highest BCUT2D eigenvalue weighted by molar-refractivity contribution is 6.30. The summed E-state index contributed by atoms with van der Waals surface area (Å²) >= 11 is 5.96. The molecule has 5 rings (SSSR count). The molecule has 4 aromatic rings. The van der Waals surface area contributed by atoms with Crippen LogP contribution in [0.25, 0.3) is 5.70 Å². The zero-order valence-corrected chi connectivity index (χ0v) is 18.6. The third-order valence-electron chi connectivity index (χ3n) is 5.51. The van der Waals surface area contributed by atoms with E-state index in [0.717, 1.165) is 22.6 Å². The number of fused-ring (bicyclic) bond motifs is 1. The first kappa shape index (κ1) is 20.8. The first-order valence-electron chi connectivity index (χ1n) is 10.4. The smallest absolute Gasteiger partial charge is 0.261 e. The molecule has 1 aliphatic heterocycles. The Hall–Kier alpha value is -4.03. The van der Waals surface area contributed by atoms with Crippen molar-refractivity contribution in [1.29, 1.82) is 0 Å². The highest BCUT2D eigenvalue weighted by atomic mass is 35.5. The van der Waals surface area contributed by atoms with Gasteiger partial charge in [0.25, 0.3) is 5.91 Å². The fraction of sp³-hybridized carbons (Fsp3) is 0.0769. The van der Waals surface area contributed by atoms with Crippen molar-refractivity contribution in [3.63, 3.8) is 0 Å². The van der Waals surface area contributed by atoms with Gasteiger partial charge in [-0.1, -0.05) is 54.1 Å². The number of nitrogens with one attached hydrogen (secondary N) is 2. The number of rotatable bonds is 5. The molecule has 1 atom stereocenters. The van der Waals surface area contributed by atoms with Crippen LogP contribution in [0.5, 0.6) is 5.75 Å². The molecule has 6 nitrogen and oxygen atoms in total. The minimum atomic E-state index is -0.259. The molecule has 2 heterocycles. The number of ether oxygens (including phenoxy) is 1. The lowest BCUT2D eigenvalue weighted by Gasteiger charge is -2.26. The summed E-state index contributed by atoms with van der Waals surface area (Å²) in [4.78, 5) is 13.1. The summed E-state index contributed by atoms with van der Waals surface area (Å²) in [6.07, 6.45) is 3.69. The number of nitrogens with zero attached hydrogens (tertiary/aromatic N) is 2. The minimum absolute atomic E-state index is 0.180. The Morgan fingerprint density at radius 3 is 2.61 bits per heavy atom. The van der Waals surface area contributed by atoms with Gasteiger partial charge in [0.15, 0.2) is 0 Å². The van der Waals surface area contributed by atoms with Gasteiger partial charge in [0.1, 0.15) is 17.1 Å². The molecule has 0 saturated carbocycles. The first-order chi connectivity index (χ1) is 16.1. The van der Waals surface area contributed by atoms with Gasteiger partial charge < -0.3 is 15.4 Å². The maximum absolute atomic E-state index is 13.1. The molecule has 1 amide bonds. The Morgan fingerprint density at radius 2 is 1.85 bits per heavy atom. The predicted molar refractivity (Wildman–Crippen MR) is 131 cm³/mol. The number of hydrogen-bond acceptors (Lipinski definition) is 4. The second-order valence-electron chi connectivity index (χ2n) is 7.61. The molecular weight excluding hydrogens is 436 g/mol. The highest BCUT2D eigenvalue weighted by Crippen LogP contribution is 2.36. The summed E-state index contributed by atoms with van der Waals surface area (Å²) in [5.74, 6) is 1.12. The van der Waals surface area contributed by atoms with E-state index in [1.807, 2.05) is 47.1 Å². The molecule has 2 N–H and O–H groups in total. The van der Waals surface area contributed by atoms with Crippen LogP contribution in [-0.2, 0) is 0 Å². The fourth-order valence-corrected chi connectivity index (χ4v) is 3.97. The summed E-state index contributed by atoms with van der Waals surface area (Å²) in [6.45, 7) is 0. The molecule has 7 heteroatoms. The number of hydrogen-bond donors (Lipinski definition) is 2. The predicted octanol–water partition coefficient (Wildman–Crippen LogP) is 5.85. The molecule has 0 aliphatic carbocycles. The van der Waals surface area contributed by atoms with Crippen LogP contribution in [0.15, 0.2) is 91.1 Å². The SMILES string of the molecule is COc1cccc(C2=C[C@H](c3ccccc3)n3ncc(C(=O)Nc4ccc(Cl)cc4)c3N2)c1. The Balaban J connectivity index is 1.55. The van der Waals surface area contributed by atoms with Crippen LogP contribution in [0.3, 0.4) is 0 Å². The lowest BCUT2D eigenvalue weighted by atomic mass is 10.0. The third-order valence-corrected chi connectivity index (χ3v) is 5.76. The number of aromatic nitrogens is 2. The van der Waals surface area contributed by atoms with Gasteiger partial charge in [0, 0.05) is 22.0 Å². The van der Waals surface area contributed by atoms with Crippen molar-refractivity contribution in [2.45, 2.75) is 6.04 Å². The number of allylic oxidation sites excluding steroid dienone is 1. The molecule has 1 aromatic heterocycles. The molecule has 0 radical (unpaired) electrons. The highest BCUT2D eigenvalue weighted by Gasteiger charge is 2.28. The number of methoxy groups -OCH3 is 1. The Bertz CT molecular complexity index is 1330. The maximum atomic E-state index is 13.1. The lowest BCUT2D eigenvalue weighted by Crippen LogP contribution is -2.22. The molecule has 1 aliphatic rings. The van der Waals surface area contributed by atoms with E-state index in [4.69, 9.17) is 16.3 Å². The number of amides is 1. The van der Waals surface area contributed by atoms with Crippen molar-refractivity contribution in [2.75, 3.05) is 17.7 Å². The van der Waals surface area contributed by atoms with Gasteiger partial charge in [-0.25, -0.2) is 4.68 Å². The van der Waals surface area contributed by atoms with E-state index >= 15 is 0 Å². The van der Waals surface area contributed by atoms with E-state index < -0.39 is 0 Å². The van der Waals surface area contributed by atoms with E-state index in [-0.39, 0.29) is 11.9 Å². The van der Waals surface area contributed by atoms with E-state index in [0.29, 0.717) is 22.1 Å². The number of carbonyl (C=O) groups is 1. The number of halogens is 1. The van der Waals surface area contributed by atoms with E-state index in [1.54, 1.807) is 37.6 Å². The molecule has 0 fully saturated rings. The van der Waals surface area contributed by atoms with Crippen molar-refractivity contribution >= 4 is 34.7 Å². The van der Waals surface area contributed by atoms with Crippen LogP contribution in [0.1, 0.15) is 27.5 Å². The standard InChI is InChI=1S/C26H21ClN4O2/c1-33-21-9-5-8-18(14-21)23-15-24(17-6-3-2-4-7-17)31-25(30-23)22(16-28-31)26(32)29-20-12-10-19(27)11-13-20/h2-16,24,30H,1H3,(H,29,32)/t24-/m1/s1. The Morgan fingerprint density at radius 1 is 1.06 bits per heavy atom. The van der Waals surface area contributed by atoms with Gasteiger partial charge in [-0.3, -0.25) is 4.79 Å². The zero-order chi connectivity index (χ0) is 22.8. The molecule has 164 valence electrons. The topological polar surface area (TPSA) is 68.2 Å². The number of benzene rings is 3. The number of anilines is 2.